The first kappa shape index (κ1) is 24.0. The Morgan fingerprint density at radius 3 is 2.58 bits per heavy atom. The van der Waals surface area contributed by atoms with E-state index in [1.54, 1.807) is 0 Å². The largest absolute Gasteiger partial charge is 0.337 e. The highest BCUT2D eigenvalue weighted by Crippen LogP contribution is 2.37. The molecule has 0 saturated carbocycles. The lowest BCUT2D eigenvalue weighted by molar-refractivity contribution is -0.114. The summed E-state index contributed by atoms with van der Waals surface area (Å²) in [6, 6.07) is 21.2. The van der Waals surface area contributed by atoms with Crippen molar-refractivity contribution in [3.8, 4) is 23.0 Å². The van der Waals surface area contributed by atoms with Gasteiger partial charge in [0.2, 0.25) is 5.91 Å². The van der Waals surface area contributed by atoms with Crippen molar-refractivity contribution in [2.24, 2.45) is 5.41 Å². The van der Waals surface area contributed by atoms with E-state index in [0.717, 1.165) is 59.5 Å². The van der Waals surface area contributed by atoms with Crippen LogP contribution in [0, 0.1) is 17.3 Å². The van der Waals surface area contributed by atoms with Gasteiger partial charge in [0, 0.05) is 59.7 Å². The zero-order valence-electron chi connectivity index (χ0n) is 21.3. The fourth-order valence-corrected chi connectivity index (χ4v) is 5.60. The van der Waals surface area contributed by atoms with Gasteiger partial charge in [-0.05, 0) is 61.2 Å². The van der Waals surface area contributed by atoms with E-state index < -0.39 is 0 Å². The van der Waals surface area contributed by atoms with Crippen molar-refractivity contribution in [1.82, 2.24) is 20.4 Å². The predicted molar refractivity (Wildman–Crippen MR) is 149 cm³/mol. The van der Waals surface area contributed by atoms with Gasteiger partial charge in [-0.3, -0.25) is 14.7 Å². The number of para-hydroxylation sites is 1. The average molecular weight is 504 g/mol. The van der Waals surface area contributed by atoms with Crippen LogP contribution in [0.5, 0.6) is 0 Å². The van der Waals surface area contributed by atoms with Crippen LogP contribution in [0.4, 0.5) is 5.69 Å². The molecule has 0 bridgehead atoms. The van der Waals surface area contributed by atoms with Crippen molar-refractivity contribution >= 4 is 28.4 Å². The first-order chi connectivity index (χ1) is 18.5. The number of carbonyl (C=O) groups excluding carboxylic acids is 2. The molecule has 0 radical (unpaired) electrons. The molecule has 3 N–H and O–H groups in total. The lowest BCUT2D eigenvalue weighted by atomic mass is 9.74. The molecule has 7 heteroatoms. The van der Waals surface area contributed by atoms with Crippen LogP contribution in [0.2, 0.25) is 0 Å². The molecule has 0 unspecified atom stereocenters. The Hall–Kier alpha value is -4.41. The summed E-state index contributed by atoms with van der Waals surface area (Å²) >= 11 is 0. The van der Waals surface area contributed by atoms with Gasteiger partial charge in [0.1, 0.15) is 5.69 Å². The number of piperidine rings is 1. The van der Waals surface area contributed by atoms with E-state index in [2.05, 4.69) is 32.7 Å². The third-order valence-electron chi connectivity index (χ3n) is 7.48. The number of nitrogens with one attached hydrogen (secondary N) is 3. The summed E-state index contributed by atoms with van der Waals surface area (Å²) in [6.07, 6.45) is 2.36. The molecule has 190 valence electrons. The maximum absolute atomic E-state index is 13.2. The Bertz CT molecular complexity index is 1600. The molecule has 6 rings (SSSR count). The normalized spacial score (nSPS) is 16.0. The van der Waals surface area contributed by atoms with Crippen molar-refractivity contribution < 1.29 is 9.59 Å². The van der Waals surface area contributed by atoms with Crippen LogP contribution in [0.15, 0.2) is 66.7 Å². The molecule has 1 spiro atoms. The molecular weight excluding hydrogens is 474 g/mol. The number of amides is 2. The standard InChI is InChI=1S/C31H29N5O2/c1-21(37)33-27-10-5-4-9-25(27)24-8-3-2-7-22(24)11-13-28-26-17-23(12-14-29(26)35-34-28)30(38)36-19-31(20-36)15-6-16-32-18-31/h2-5,7-10,12,14,17,32H,6,15-16,18-20H2,1H3,(H,33,37)(H,34,35). The molecule has 4 aromatic rings. The Balaban J connectivity index is 1.28. The van der Waals surface area contributed by atoms with E-state index in [0.29, 0.717) is 11.3 Å². The molecule has 0 aliphatic carbocycles. The van der Waals surface area contributed by atoms with E-state index in [1.165, 1.54) is 19.8 Å². The number of hydrogen-bond donors (Lipinski definition) is 3. The van der Waals surface area contributed by atoms with E-state index in [-0.39, 0.29) is 17.2 Å². The van der Waals surface area contributed by atoms with Crippen LogP contribution < -0.4 is 10.6 Å². The van der Waals surface area contributed by atoms with Gasteiger partial charge in [0.05, 0.1) is 5.52 Å². The smallest absolute Gasteiger partial charge is 0.253 e. The van der Waals surface area contributed by atoms with Gasteiger partial charge in [0.15, 0.2) is 0 Å². The molecule has 2 fully saturated rings. The third-order valence-corrected chi connectivity index (χ3v) is 7.48. The summed E-state index contributed by atoms with van der Waals surface area (Å²) in [6.45, 7) is 5.19. The summed E-state index contributed by atoms with van der Waals surface area (Å²) in [4.78, 5) is 26.9. The SMILES string of the molecule is CC(=O)Nc1ccccc1-c1ccccc1C#Cc1n[nH]c2ccc(C(=O)N3CC4(CCCNC4)C3)cc12. The first-order valence-corrected chi connectivity index (χ1v) is 13.0. The number of aromatic amines is 1. The lowest BCUT2D eigenvalue weighted by Crippen LogP contribution is -2.63. The number of rotatable bonds is 3. The van der Waals surface area contributed by atoms with Crippen molar-refractivity contribution in [3.63, 3.8) is 0 Å². The summed E-state index contributed by atoms with van der Waals surface area (Å²) in [7, 11) is 0. The number of hydrogen-bond acceptors (Lipinski definition) is 4. The van der Waals surface area contributed by atoms with Gasteiger partial charge >= 0.3 is 0 Å². The second kappa shape index (κ2) is 9.81. The summed E-state index contributed by atoms with van der Waals surface area (Å²) in [5.74, 6) is 6.42. The van der Waals surface area contributed by atoms with Crippen molar-refractivity contribution in [2.45, 2.75) is 19.8 Å². The van der Waals surface area contributed by atoms with Gasteiger partial charge < -0.3 is 15.5 Å². The molecular formula is C31H29N5O2. The Morgan fingerprint density at radius 2 is 1.79 bits per heavy atom. The maximum atomic E-state index is 13.2. The van der Waals surface area contributed by atoms with E-state index >= 15 is 0 Å². The van der Waals surface area contributed by atoms with Crippen LogP contribution in [0.3, 0.4) is 0 Å². The second-order valence-electron chi connectivity index (χ2n) is 10.3. The summed E-state index contributed by atoms with van der Waals surface area (Å²) in [5, 5.41) is 14.7. The maximum Gasteiger partial charge on any atom is 0.253 e. The molecule has 0 atom stereocenters. The van der Waals surface area contributed by atoms with Gasteiger partial charge in [-0.15, -0.1) is 0 Å². The second-order valence-corrected chi connectivity index (χ2v) is 10.3. The van der Waals surface area contributed by atoms with Gasteiger partial charge in [-0.25, -0.2) is 0 Å². The number of aromatic nitrogens is 2. The number of nitrogens with zero attached hydrogens (tertiary/aromatic N) is 2. The summed E-state index contributed by atoms with van der Waals surface area (Å²) in [5.41, 5.74) is 5.71. The van der Waals surface area contributed by atoms with Gasteiger partial charge in [-0.2, -0.15) is 5.10 Å². The quantitative estimate of drug-likeness (QED) is 0.361. The fourth-order valence-electron chi connectivity index (χ4n) is 5.60. The van der Waals surface area contributed by atoms with Crippen LogP contribution in [-0.4, -0.2) is 53.1 Å². The zero-order chi connectivity index (χ0) is 26.1. The first-order valence-electron chi connectivity index (χ1n) is 13.0. The number of H-pyrrole nitrogens is 1. The highest BCUT2D eigenvalue weighted by Gasteiger charge is 2.45. The Labute approximate surface area is 221 Å². The van der Waals surface area contributed by atoms with Gasteiger partial charge in [-0.1, -0.05) is 42.3 Å². The Morgan fingerprint density at radius 1 is 1.00 bits per heavy atom. The lowest BCUT2D eigenvalue weighted by Gasteiger charge is -2.52. The van der Waals surface area contributed by atoms with Crippen molar-refractivity contribution in [3.05, 3.63) is 83.6 Å². The minimum absolute atomic E-state index is 0.0585. The highest BCUT2D eigenvalue weighted by atomic mass is 16.2. The van der Waals surface area contributed by atoms with E-state index in [1.807, 2.05) is 71.6 Å². The Kier molecular flexibility index (Phi) is 6.18. The molecule has 2 amide bonds. The van der Waals surface area contributed by atoms with Crippen molar-refractivity contribution in [1.29, 1.82) is 0 Å². The summed E-state index contributed by atoms with van der Waals surface area (Å²) < 4.78 is 0. The predicted octanol–water partition coefficient (Wildman–Crippen LogP) is 4.41. The van der Waals surface area contributed by atoms with Crippen LogP contribution in [-0.2, 0) is 4.79 Å². The van der Waals surface area contributed by atoms with Crippen LogP contribution >= 0.6 is 0 Å². The minimum Gasteiger partial charge on any atom is -0.337 e. The number of likely N-dealkylation sites (tertiary alicyclic amines) is 1. The zero-order valence-corrected chi connectivity index (χ0v) is 21.3. The van der Waals surface area contributed by atoms with E-state index in [9.17, 15) is 9.59 Å². The fraction of sp³-hybridized carbons (Fsp3) is 0.258. The highest BCUT2D eigenvalue weighted by molar-refractivity contribution is 5.99. The number of fused-ring (bicyclic) bond motifs is 1. The molecule has 2 saturated heterocycles. The third kappa shape index (κ3) is 4.55. The molecule has 38 heavy (non-hydrogen) atoms. The molecule has 2 aliphatic heterocycles. The van der Waals surface area contributed by atoms with Crippen LogP contribution in [0.1, 0.15) is 41.4 Å². The molecule has 3 aromatic carbocycles. The average Bonchev–Trinajstić information content (AvgIpc) is 3.33. The minimum atomic E-state index is -0.127. The monoisotopic (exact) mass is 503 g/mol. The molecule has 2 aliphatic rings. The number of benzene rings is 3. The molecule has 7 nitrogen and oxygen atoms in total. The van der Waals surface area contributed by atoms with Crippen LogP contribution in [0.25, 0.3) is 22.0 Å². The van der Waals surface area contributed by atoms with E-state index in [4.69, 9.17) is 0 Å². The number of anilines is 1. The molecule has 3 heterocycles. The van der Waals surface area contributed by atoms with Gasteiger partial charge in [0.25, 0.3) is 5.91 Å². The van der Waals surface area contributed by atoms with Crippen molar-refractivity contribution in [2.75, 3.05) is 31.5 Å². The number of carbonyl (C=O) groups is 2. The molecule has 1 aromatic heterocycles. The topological polar surface area (TPSA) is 90.1 Å².